The SMILES string of the molecule is O=C(Cc1ccsc1Cc1ccccn1)C(=O)c1ncn[nH]1. The zero-order valence-corrected chi connectivity index (χ0v) is 12.3. The summed E-state index contributed by atoms with van der Waals surface area (Å²) in [4.78, 5) is 33.0. The highest BCUT2D eigenvalue weighted by Crippen LogP contribution is 2.21. The molecule has 0 saturated heterocycles. The van der Waals surface area contributed by atoms with Gasteiger partial charge in [0.2, 0.25) is 5.78 Å². The maximum Gasteiger partial charge on any atom is 0.265 e. The van der Waals surface area contributed by atoms with Gasteiger partial charge in [-0.05, 0) is 29.1 Å². The van der Waals surface area contributed by atoms with Gasteiger partial charge in [0.05, 0.1) is 0 Å². The maximum atomic E-state index is 12.1. The van der Waals surface area contributed by atoms with Crippen LogP contribution >= 0.6 is 11.3 Å². The molecule has 0 radical (unpaired) electrons. The molecule has 3 heterocycles. The van der Waals surface area contributed by atoms with Crippen LogP contribution in [0.3, 0.4) is 0 Å². The second kappa shape index (κ2) is 6.40. The normalized spacial score (nSPS) is 10.5. The molecule has 0 spiro atoms. The molecule has 0 aliphatic rings. The van der Waals surface area contributed by atoms with Crippen molar-refractivity contribution >= 4 is 22.9 Å². The molecule has 22 heavy (non-hydrogen) atoms. The summed E-state index contributed by atoms with van der Waals surface area (Å²) < 4.78 is 0. The number of H-pyrrole nitrogens is 1. The van der Waals surface area contributed by atoms with Crippen LogP contribution in [-0.4, -0.2) is 31.7 Å². The Morgan fingerprint density at radius 3 is 2.82 bits per heavy atom. The topological polar surface area (TPSA) is 88.6 Å². The Kier molecular flexibility index (Phi) is 4.15. The van der Waals surface area contributed by atoms with Gasteiger partial charge in [0.1, 0.15) is 6.33 Å². The summed E-state index contributed by atoms with van der Waals surface area (Å²) in [5.74, 6) is -1.17. The summed E-state index contributed by atoms with van der Waals surface area (Å²) >= 11 is 1.56. The van der Waals surface area contributed by atoms with Gasteiger partial charge < -0.3 is 0 Å². The van der Waals surface area contributed by atoms with Gasteiger partial charge in [-0.15, -0.1) is 11.3 Å². The van der Waals surface area contributed by atoms with E-state index in [0.29, 0.717) is 6.42 Å². The number of pyridine rings is 1. The molecule has 0 aliphatic heterocycles. The van der Waals surface area contributed by atoms with Crippen LogP contribution in [0, 0.1) is 0 Å². The highest BCUT2D eigenvalue weighted by atomic mass is 32.1. The van der Waals surface area contributed by atoms with Crippen LogP contribution < -0.4 is 0 Å². The number of Topliss-reactive ketones (excluding diaryl/α,β-unsaturated/α-hetero) is 2. The Hall–Kier alpha value is -2.67. The fraction of sp³-hybridized carbons (Fsp3) is 0.133. The second-order valence-electron chi connectivity index (χ2n) is 4.63. The minimum atomic E-state index is -0.646. The second-order valence-corrected chi connectivity index (χ2v) is 5.63. The minimum Gasteiger partial charge on any atom is -0.290 e. The summed E-state index contributed by atoms with van der Waals surface area (Å²) in [6, 6.07) is 7.59. The van der Waals surface area contributed by atoms with Crippen molar-refractivity contribution in [1.82, 2.24) is 20.2 Å². The van der Waals surface area contributed by atoms with Crippen molar-refractivity contribution in [2.24, 2.45) is 0 Å². The van der Waals surface area contributed by atoms with E-state index in [9.17, 15) is 9.59 Å². The van der Waals surface area contributed by atoms with E-state index in [1.54, 1.807) is 17.5 Å². The molecule has 3 aromatic heterocycles. The number of hydrogen-bond donors (Lipinski definition) is 1. The molecule has 0 amide bonds. The number of carbonyl (C=O) groups excluding carboxylic acids is 2. The van der Waals surface area contributed by atoms with Gasteiger partial charge in [0.25, 0.3) is 5.78 Å². The van der Waals surface area contributed by atoms with Gasteiger partial charge in [-0.3, -0.25) is 19.7 Å². The van der Waals surface area contributed by atoms with Crippen molar-refractivity contribution in [3.8, 4) is 0 Å². The number of carbonyl (C=O) groups is 2. The van der Waals surface area contributed by atoms with E-state index in [1.165, 1.54) is 6.33 Å². The zero-order chi connectivity index (χ0) is 15.4. The predicted molar refractivity (Wildman–Crippen MR) is 80.8 cm³/mol. The molecule has 3 rings (SSSR count). The first-order valence-electron chi connectivity index (χ1n) is 6.62. The molecule has 3 aromatic rings. The lowest BCUT2D eigenvalue weighted by molar-refractivity contribution is -0.114. The Bertz CT molecular complexity index is 781. The Morgan fingerprint density at radius 1 is 1.18 bits per heavy atom. The van der Waals surface area contributed by atoms with Crippen molar-refractivity contribution < 1.29 is 9.59 Å². The van der Waals surface area contributed by atoms with Crippen molar-refractivity contribution in [3.05, 3.63) is 64.1 Å². The van der Waals surface area contributed by atoms with Gasteiger partial charge in [0.15, 0.2) is 5.82 Å². The number of ketones is 2. The van der Waals surface area contributed by atoms with E-state index in [1.807, 2.05) is 29.6 Å². The summed E-state index contributed by atoms with van der Waals surface area (Å²) in [6.07, 6.45) is 3.65. The van der Waals surface area contributed by atoms with Gasteiger partial charge >= 0.3 is 0 Å². The van der Waals surface area contributed by atoms with Crippen molar-refractivity contribution in [2.75, 3.05) is 0 Å². The van der Waals surface area contributed by atoms with E-state index >= 15 is 0 Å². The molecule has 0 atom stereocenters. The average Bonchev–Trinajstić information content (AvgIpc) is 3.20. The molecule has 0 aliphatic carbocycles. The summed E-state index contributed by atoms with van der Waals surface area (Å²) in [5.41, 5.74) is 1.79. The molecule has 0 unspecified atom stereocenters. The van der Waals surface area contributed by atoms with Crippen LogP contribution in [0.2, 0.25) is 0 Å². The smallest absolute Gasteiger partial charge is 0.265 e. The number of rotatable bonds is 6. The molecule has 0 fully saturated rings. The summed E-state index contributed by atoms with van der Waals surface area (Å²) in [7, 11) is 0. The highest BCUT2D eigenvalue weighted by Gasteiger charge is 2.21. The van der Waals surface area contributed by atoms with Crippen LogP contribution in [-0.2, 0) is 17.6 Å². The zero-order valence-electron chi connectivity index (χ0n) is 11.5. The third-order valence-electron chi connectivity index (χ3n) is 3.14. The predicted octanol–water partition coefficient (Wildman–Crippen LogP) is 1.85. The first-order valence-corrected chi connectivity index (χ1v) is 7.50. The Morgan fingerprint density at radius 2 is 2.09 bits per heavy atom. The minimum absolute atomic E-state index is 0.0218. The van der Waals surface area contributed by atoms with E-state index in [4.69, 9.17) is 0 Å². The van der Waals surface area contributed by atoms with Crippen LogP contribution in [0.1, 0.15) is 26.8 Å². The molecule has 0 saturated carbocycles. The van der Waals surface area contributed by atoms with Crippen LogP contribution in [0.25, 0.3) is 0 Å². The number of nitrogens with zero attached hydrogens (tertiary/aromatic N) is 3. The molecule has 0 bridgehead atoms. The number of aromatic amines is 1. The van der Waals surface area contributed by atoms with Crippen LogP contribution in [0.5, 0.6) is 0 Å². The lowest BCUT2D eigenvalue weighted by atomic mass is 10.0. The Labute approximate surface area is 130 Å². The molecule has 6 nitrogen and oxygen atoms in total. The first kappa shape index (κ1) is 14.3. The molecular weight excluding hydrogens is 300 g/mol. The van der Waals surface area contributed by atoms with Gasteiger partial charge in [-0.25, -0.2) is 4.98 Å². The number of nitrogens with one attached hydrogen (secondary N) is 1. The standard InChI is InChI=1S/C15H12N4O2S/c20-12(14(21)15-17-9-18-19-15)7-10-4-6-22-13(10)8-11-3-1-2-5-16-11/h1-6,9H,7-8H2,(H,17,18,19). The van der Waals surface area contributed by atoms with Crippen LogP contribution in [0.4, 0.5) is 0 Å². The molecule has 110 valence electrons. The van der Waals surface area contributed by atoms with Gasteiger partial charge in [-0.2, -0.15) is 5.10 Å². The quantitative estimate of drug-likeness (QED) is 0.554. The summed E-state index contributed by atoms with van der Waals surface area (Å²) in [6.45, 7) is 0. The maximum absolute atomic E-state index is 12.1. The van der Waals surface area contributed by atoms with Crippen molar-refractivity contribution in [3.63, 3.8) is 0 Å². The molecule has 0 aromatic carbocycles. The summed E-state index contributed by atoms with van der Waals surface area (Å²) in [5, 5.41) is 7.91. The molecule has 1 N–H and O–H groups in total. The fourth-order valence-corrected chi connectivity index (χ4v) is 2.97. The lowest BCUT2D eigenvalue weighted by Crippen LogP contribution is -2.18. The van der Waals surface area contributed by atoms with E-state index in [2.05, 4.69) is 20.2 Å². The first-order chi connectivity index (χ1) is 10.7. The van der Waals surface area contributed by atoms with Crippen molar-refractivity contribution in [2.45, 2.75) is 12.8 Å². The number of hydrogen-bond acceptors (Lipinski definition) is 6. The molecular formula is C15H12N4O2S. The fourth-order valence-electron chi connectivity index (χ4n) is 2.05. The van der Waals surface area contributed by atoms with E-state index in [0.717, 1.165) is 16.1 Å². The number of aromatic nitrogens is 4. The Balaban J connectivity index is 1.72. The van der Waals surface area contributed by atoms with E-state index < -0.39 is 11.6 Å². The third-order valence-corrected chi connectivity index (χ3v) is 4.10. The largest absolute Gasteiger partial charge is 0.290 e. The average molecular weight is 312 g/mol. The van der Waals surface area contributed by atoms with E-state index in [-0.39, 0.29) is 12.2 Å². The van der Waals surface area contributed by atoms with Gasteiger partial charge in [-0.1, -0.05) is 6.07 Å². The van der Waals surface area contributed by atoms with Crippen LogP contribution in [0.15, 0.2) is 42.2 Å². The van der Waals surface area contributed by atoms with Gasteiger partial charge in [0, 0.05) is 29.6 Å². The van der Waals surface area contributed by atoms with Crippen molar-refractivity contribution in [1.29, 1.82) is 0 Å². The monoisotopic (exact) mass is 312 g/mol. The lowest BCUT2D eigenvalue weighted by Gasteiger charge is -2.02. The highest BCUT2D eigenvalue weighted by molar-refractivity contribution is 7.10. The molecule has 7 heteroatoms. The third kappa shape index (κ3) is 3.15. The number of thiophene rings is 1.